The number of aliphatic hydroxyl groups is 1. The summed E-state index contributed by atoms with van der Waals surface area (Å²) < 4.78 is 7.88. The zero-order chi connectivity index (χ0) is 20.4. The first kappa shape index (κ1) is 19.5. The molecule has 0 amide bonds. The van der Waals surface area contributed by atoms with Gasteiger partial charge in [0.25, 0.3) is 0 Å². The minimum Gasteiger partial charge on any atom is -0.384 e. The van der Waals surface area contributed by atoms with E-state index in [1.54, 1.807) is 20.0 Å². The highest BCUT2D eigenvalue weighted by Gasteiger charge is 2.23. The van der Waals surface area contributed by atoms with Crippen molar-refractivity contribution < 1.29 is 9.84 Å². The van der Waals surface area contributed by atoms with E-state index in [1.807, 2.05) is 24.4 Å². The zero-order valence-electron chi connectivity index (χ0n) is 16.7. The van der Waals surface area contributed by atoms with Gasteiger partial charge in [0.15, 0.2) is 0 Å². The molecular formula is C21H26N6O2. The van der Waals surface area contributed by atoms with Crippen LogP contribution in [0.5, 0.6) is 0 Å². The number of pyridine rings is 1. The Hall–Kier alpha value is -2.84. The van der Waals surface area contributed by atoms with Crippen molar-refractivity contribution in [3.8, 4) is 0 Å². The van der Waals surface area contributed by atoms with Crippen LogP contribution in [0.15, 0.2) is 47.5 Å². The van der Waals surface area contributed by atoms with Gasteiger partial charge in [-0.25, -0.2) is 10.5 Å². The molecule has 0 aliphatic carbocycles. The molecule has 1 aliphatic rings. The highest BCUT2D eigenvalue weighted by molar-refractivity contribution is 6.02. The Bertz CT molecular complexity index is 1060. The Labute approximate surface area is 169 Å². The largest absolute Gasteiger partial charge is 0.384 e. The molecule has 1 aromatic carbocycles. The molecule has 0 atom stereocenters. The number of hydrogen-bond acceptors (Lipinski definition) is 7. The van der Waals surface area contributed by atoms with Gasteiger partial charge in [0.05, 0.1) is 23.8 Å². The van der Waals surface area contributed by atoms with Crippen LogP contribution >= 0.6 is 0 Å². The summed E-state index contributed by atoms with van der Waals surface area (Å²) in [6.45, 7) is 5.14. The van der Waals surface area contributed by atoms with Gasteiger partial charge in [-0.05, 0) is 32.8 Å². The maximum atomic E-state index is 10.1. The second-order valence-electron chi connectivity index (χ2n) is 7.83. The number of para-hydroxylation sites is 1. The minimum atomic E-state index is -1.18. The van der Waals surface area contributed by atoms with E-state index in [4.69, 9.17) is 15.3 Å². The lowest BCUT2D eigenvalue weighted by Gasteiger charge is -2.26. The molecule has 3 N–H and O–H groups in total. The van der Waals surface area contributed by atoms with Crippen LogP contribution in [0.2, 0.25) is 0 Å². The smallest absolute Gasteiger partial charge is 0.129 e. The summed E-state index contributed by atoms with van der Waals surface area (Å²) in [5, 5.41) is 17.8. The average Bonchev–Trinajstić information content (AvgIpc) is 3.09. The molecule has 4 rings (SSSR count). The van der Waals surface area contributed by atoms with Crippen LogP contribution in [0.4, 0.5) is 0 Å². The second-order valence-corrected chi connectivity index (χ2v) is 7.83. The van der Waals surface area contributed by atoms with E-state index in [1.165, 1.54) is 0 Å². The van der Waals surface area contributed by atoms with Crippen molar-refractivity contribution in [3.63, 3.8) is 0 Å². The molecule has 2 aromatic heterocycles. The fraction of sp³-hybridized carbons (Fsp3) is 0.429. The molecule has 0 unspecified atom stereocenters. The molecule has 8 nitrogen and oxygen atoms in total. The molecule has 0 radical (unpaired) electrons. The van der Waals surface area contributed by atoms with E-state index < -0.39 is 5.60 Å². The van der Waals surface area contributed by atoms with Gasteiger partial charge in [0.1, 0.15) is 22.6 Å². The molecule has 3 aromatic rings. The number of rotatable bonds is 6. The number of benzene rings is 1. The maximum absolute atomic E-state index is 10.1. The third kappa shape index (κ3) is 3.86. The topological polar surface area (TPSA) is 108 Å². The van der Waals surface area contributed by atoms with Gasteiger partial charge in [0.2, 0.25) is 0 Å². The second kappa shape index (κ2) is 7.88. The van der Waals surface area contributed by atoms with Crippen molar-refractivity contribution in [1.82, 2.24) is 19.9 Å². The Kier molecular flexibility index (Phi) is 5.29. The summed E-state index contributed by atoms with van der Waals surface area (Å²) in [6.07, 6.45) is 5.27. The molecule has 1 aliphatic heterocycles. The van der Waals surface area contributed by atoms with Crippen molar-refractivity contribution in [2.45, 2.75) is 44.9 Å². The van der Waals surface area contributed by atoms with E-state index in [0.29, 0.717) is 12.6 Å². The van der Waals surface area contributed by atoms with Crippen LogP contribution in [-0.2, 0) is 11.3 Å². The van der Waals surface area contributed by atoms with Crippen molar-refractivity contribution >= 4 is 21.9 Å². The summed E-state index contributed by atoms with van der Waals surface area (Å²) in [7, 11) is 0. The quantitative estimate of drug-likeness (QED) is 0.553. The molecule has 29 heavy (non-hydrogen) atoms. The maximum Gasteiger partial charge on any atom is 0.129 e. The van der Waals surface area contributed by atoms with E-state index >= 15 is 0 Å². The standard InChI is InChI=1S/C21H26N6O2/c1-21(2,28)18(26-22)12-23-13-19-25-17-11-24-16-6-4-3-5-15(16)20(17)27(19)14-7-9-29-10-8-14/h3-6,11-12,14,22-23,28H,7-10,13H2,1-2H3/b18-12-,26-22?. The first-order valence-electron chi connectivity index (χ1n) is 9.85. The van der Waals surface area contributed by atoms with Crippen LogP contribution in [0, 0.1) is 5.53 Å². The fourth-order valence-electron chi connectivity index (χ4n) is 3.82. The molecule has 8 heteroatoms. The highest BCUT2D eigenvalue weighted by Crippen LogP contribution is 2.31. The van der Waals surface area contributed by atoms with E-state index in [2.05, 4.69) is 26.0 Å². The van der Waals surface area contributed by atoms with Crippen molar-refractivity contribution in [1.29, 1.82) is 5.53 Å². The normalized spacial score (nSPS) is 16.4. The SMILES string of the molecule is CC(C)(O)/C(=C/NCc1nc2cnc3ccccc3c2n1C1CCOCC1)N=N. The number of imidazole rings is 1. The molecule has 0 spiro atoms. The first-order chi connectivity index (χ1) is 14.0. The van der Waals surface area contributed by atoms with Crippen LogP contribution < -0.4 is 5.32 Å². The number of aromatic nitrogens is 3. The van der Waals surface area contributed by atoms with Gasteiger partial charge in [-0.3, -0.25) is 4.98 Å². The molecule has 1 fully saturated rings. The molecule has 1 saturated heterocycles. The Morgan fingerprint density at radius 2 is 2.10 bits per heavy atom. The number of hydrogen-bond donors (Lipinski definition) is 3. The van der Waals surface area contributed by atoms with Gasteiger partial charge >= 0.3 is 0 Å². The average molecular weight is 394 g/mol. The molecule has 152 valence electrons. The van der Waals surface area contributed by atoms with E-state index in [0.717, 1.165) is 53.8 Å². The van der Waals surface area contributed by atoms with E-state index in [9.17, 15) is 5.11 Å². The molecule has 0 bridgehead atoms. The highest BCUT2D eigenvalue weighted by atomic mass is 16.5. The van der Waals surface area contributed by atoms with E-state index in [-0.39, 0.29) is 5.70 Å². The minimum absolute atomic E-state index is 0.262. The van der Waals surface area contributed by atoms with Crippen LogP contribution in [0.25, 0.3) is 21.9 Å². The first-order valence-corrected chi connectivity index (χ1v) is 9.85. The molecule has 0 saturated carbocycles. The van der Waals surface area contributed by atoms with Gasteiger partial charge in [-0.2, -0.15) is 5.11 Å². The summed E-state index contributed by atoms with van der Waals surface area (Å²) in [6, 6.07) is 8.42. The third-order valence-electron chi connectivity index (χ3n) is 5.30. The number of nitrogens with one attached hydrogen (secondary N) is 2. The fourth-order valence-corrected chi connectivity index (χ4v) is 3.82. The van der Waals surface area contributed by atoms with Gasteiger partial charge in [0, 0.05) is 30.8 Å². The summed E-state index contributed by atoms with van der Waals surface area (Å²) >= 11 is 0. The number of fused-ring (bicyclic) bond motifs is 3. The van der Waals surface area contributed by atoms with Crippen molar-refractivity contribution in [2.24, 2.45) is 5.11 Å². The van der Waals surface area contributed by atoms with Gasteiger partial charge in [-0.1, -0.05) is 18.2 Å². The Balaban J connectivity index is 1.77. The molecule has 3 heterocycles. The van der Waals surface area contributed by atoms with Gasteiger partial charge in [-0.15, -0.1) is 0 Å². The predicted octanol–water partition coefficient (Wildman–Crippen LogP) is 3.67. The lowest BCUT2D eigenvalue weighted by atomic mass is 10.1. The third-order valence-corrected chi connectivity index (χ3v) is 5.30. The lowest BCUT2D eigenvalue weighted by molar-refractivity contribution is 0.0698. The summed E-state index contributed by atoms with van der Waals surface area (Å²) in [4.78, 5) is 9.41. The van der Waals surface area contributed by atoms with Crippen molar-refractivity contribution in [3.05, 3.63) is 48.2 Å². The van der Waals surface area contributed by atoms with Crippen LogP contribution in [0.1, 0.15) is 38.6 Å². The number of nitrogens with zero attached hydrogens (tertiary/aromatic N) is 4. The predicted molar refractivity (Wildman–Crippen MR) is 110 cm³/mol. The monoisotopic (exact) mass is 394 g/mol. The summed E-state index contributed by atoms with van der Waals surface area (Å²) in [5.74, 6) is 0.890. The van der Waals surface area contributed by atoms with Crippen LogP contribution in [0.3, 0.4) is 0 Å². The van der Waals surface area contributed by atoms with Gasteiger partial charge < -0.3 is 19.7 Å². The Morgan fingerprint density at radius 3 is 2.83 bits per heavy atom. The summed E-state index contributed by atoms with van der Waals surface area (Å²) in [5.41, 5.74) is 9.28. The molecular weight excluding hydrogens is 368 g/mol. The Morgan fingerprint density at radius 1 is 1.34 bits per heavy atom. The van der Waals surface area contributed by atoms with Crippen molar-refractivity contribution in [2.75, 3.05) is 13.2 Å². The zero-order valence-corrected chi connectivity index (χ0v) is 16.7. The van der Waals surface area contributed by atoms with Crippen LogP contribution in [-0.4, -0.2) is 38.5 Å². The number of ether oxygens (including phenoxy) is 1. The lowest BCUT2D eigenvalue weighted by Crippen LogP contribution is -2.25.